The second-order valence-corrected chi connectivity index (χ2v) is 21.0. The van der Waals surface area contributed by atoms with Crippen LogP contribution >= 0.6 is 0 Å². The van der Waals surface area contributed by atoms with Crippen molar-refractivity contribution < 1.29 is 18.4 Å². The minimum absolute atomic E-state index is 0.0211. The van der Waals surface area contributed by atoms with E-state index in [1.165, 1.54) is 12.5 Å². The van der Waals surface area contributed by atoms with Crippen LogP contribution < -0.4 is 0 Å². The molecule has 0 aliphatic heterocycles. The molecule has 0 heterocycles. The van der Waals surface area contributed by atoms with E-state index in [1.54, 1.807) is 0 Å². The molecule has 0 aromatic carbocycles. The molecule has 176 valence electrons. The summed E-state index contributed by atoms with van der Waals surface area (Å²) in [6, 6.07) is 0. The molecule has 6 heteroatoms. The summed E-state index contributed by atoms with van der Waals surface area (Å²) in [5, 5.41) is 0.307. The standard InChI is InChI=1S/C24H48O4Si2/c1-19(16-17-26-21(3)25)14-15-22(28-30(12,13)24(7,8)9)20(2)18-27-29(10,11)23(4,5)6/h16,18,22H,14-15,17H2,1-13H3/b19-16-,20-18?/t22-/m1/s1. The normalized spacial score (nSPS) is 15.8. The third-order valence-electron chi connectivity index (χ3n) is 6.62. The molecule has 1 atom stereocenters. The molecule has 0 fully saturated rings. The Hall–Kier alpha value is -0.856. The molecule has 30 heavy (non-hydrogen) atoms. The van der Waals surface area contributed by atoms with Crippen LogP contribution in [0.2, 0.25) is 36.3 Å². The molecule has 0 saturated carbocycles. The monoisotopic (exact) mass is 456 g/mol. The maximum Gasteiger partial charge on any atom is 0.302 e. The summed E-state index contributed by atoms with van der Waals surface area (Å²) in [4.78, 5) is 11.0. The topological polar surface area (TPSA) is 44.8 Å². The highest BCUT2D eigenvalue weighted by molar-refractivity contribution is 6.74. The zero-order valence-corrected chi connectivity index (χ0v) is 24.0. The lowest BCUT2D eigenvalue weighted by Gasteiger charge is -2.40. The van der Waals surface area contributed by atoms with Crippen molar-refractivity contribution in [2.75, 3.05) is 6.61 Å². The second kappa shape index (κ2) is 11.1. The minimum Gasteiger partial charge on any atom is -0.549 e. The van der Waals surface area contributed by atoms with Gasteiger partial charge < -0.3 is 13.6 Å². The van der Waals surface area contributed by atoms with Crippen molar-refractivity contribution >= 4 is 22.6 Å². The first kappa shape index (κ1) is 29.1. The van der Waals surface area contributed by atoms with Gasteiger partial charge in [0.15, 0.2) is 8.32 Å². The lowest BCUT2D eigenvalue weighted by atomic mass is 10.0. The number of hydrogen-bond donors (Lipinski definition) is 0. The van der Waals surface area contributed by atoms with E-state index < -0.39 is 16.6 Å². The molecule has 0 aliphatic carbocycles. The van der Waals surface area contributed by atoms with E-state index in [0.29, 0.717) is 6.61 Å². The highest BCUT2D eigenvalue weighted by Crippen LogP contribution is 2.40. The third kappa shape index (κ3) is 9.97. The van der Waals surface area contributed by atoms with Gasteiger partial charge in [0.25, 0.3) is 0 Å². The van der Waals surface area contributed by atoms with Gasteiger partial charge in [-0.05, 0) is 74.6 Å². The first-order valence-electron chi connectivity index (χ1n) is 11.1. The van der Waals surface area contributed by atoms with E-state index in [2.05, 4.69) is 81.6 Å². The van der Waals surface area contributed by atoms with E-state index in [1.807, 2.05) is 12.3 Å². The minimum atomic E-state index is -1.93. The van der Waals surface area contributed by atoms with Gasteiger partial charge in [-0.1, -0.05) is 47.1 Å². The molecular weight excluding hydrogens is 408 g/mol. The predicted octanol–water partition coefficient (Wildman–Crippen LogP) is 7.59. The number of rotatable bonds is 10. The van der Waals surface area contributed by atoms with Crippen molar-refractivity contribution in [1.82, 2.24) is 0 Å². The van der Waals surface area contributed by atoms with Gasteiger partial charge in [-0.15, -0.1) is 0 Å². The zero-order chi connectivity index (χ0) is 24.0. The van der Waals surface area contributed by atoms with Gasteiger partial charge in [0.2, 0.25) is 8.32 Å². The van der Waals surface area contributed by atoms with Crippen LogP contribution in [0, 0.1) is 0 Å². The fourth-order valence-electron chi connectivity index (χ4n) is 2.17. The molecule has 0 unspecified atom stereocenters. The Kier molecular flexibility index (Phi) is 10.8. The van der Waals surface area contributed by atoms with Crippen molar-refractivity contribution in [3.63, 3.8) is 0 Å². The fourth-order valence-corrected chi connectivity index (χ4v) is 4.37. The first-order chi connectivity index (χ1) is 13.3. The maximum atomic E-state index is 11.0. The second-order valence-electron chi connectivity index (χ2n) is 11.5. The van der Waals surface area contributed by atoms with E-state index in [0.717, 1.165) is 18.4 Å². The van der Waals surface area contributed by atoms with Crippen molar-refractivity contribution in [3.8, 4) is 0 Å². The summed E-state index contributed by atoms with van der Waals surface area (Å²) in [6.45, 7) is 28.7. The van der Waals surface area contributed by atoms with Crippen LogP contribution in [0.3, 0.4) is 0 Å². The Morgan fingerprint density at radius 1 is 0.900 bits per heavy atom. The molecule has 0 aromatic rings. The Balaban J connectivity index is 5.48. The van der Waals surface area contributed by atoms with Gasteiger partial charge in [0.05, 0.1) is 12.4 Å². The molecule has 0 aromatic heterocycles. The quantitative estimate of drug-likeness (QED) is 0.147. The molecular formula is C24H48O4Si2. The molecule has 0 radical (unpaired) electrons. The summed E-state index contributed by atoms with van der Waals surface area (Å²) < 4.78 is 18.2. The average molecular weight is 457 g/mol. The van der Waals surface area contributed by atoms with Crippen molar-refractivity contribution in [1.29, 1.82) is 0 Å². The summed E-state index contributed by atoms with van der Waals surface area (Å²) >= 11 is 0. The van der Waals surface area contributed by atoms with Gasteiger partial charge in [0.1, 0.15) is 6.61 Å². The van der Waals surface area contributed by atoms with Crippen LogP contribution in [-0.2, 0) is 18.4 Å². The zero-order valence-electron chi connectivity index (χ0n) is 22.0. The fraction of sp³-hybridized carbons (Fsp3) is 0.792. The van der Waals surface area contributed by atoms with E-state index in [-0.39, 0.29) is 22.1 Å². The van der Waals surface area contributed by atoms with Gasteiger partial charge in [0, 0.05) is 6.92 Å². The maximum absolute atomic E-state index is 11.0. The van der Waals surface area contributed by atoms with Crippen molar-refractivity contribution in [2.24, 2.45) is 0 Å². The van der Waals surface area contributed by atoms with Gasteiger partial charge in [-0.3, -0.25) is 4.79 Å². The van der Waals surface area contributed by atoms with Gasteiger partial charge in [-0.2, -0.15) is 0 Å². The van der Waals surface area contributed by atoms with Gasteiger partial charge >= 0.3 is 5.97 Å². The predicted molar refractivity (Wildman–Crippen MR) is 134 cm³/mol. The third-order valence-corrected chi connectivity index (χ3v) is 15.4. The number of allylic oxidation sites excluding steroid dienone is 1. The number of ether oxygens (including phenoxy) is 1. The number of esters is 1. The molecule has 0 amide bonds. The van der Waals surface area contributed by atoms with E-state index in [4.69, 9.17) is 13.6 Å². The van der Waals surface area contributed by atoms with Crippen LogP contribution in [0.1, 0.15) is 75.2 Å². The van der Waals surface area contributed by atoms with Crippen LogP contribution in [0.25, 0.3) is 0 Å². The highest BCUT2D eigenvalue weighted by atomic mass is 28.4. The SMILES string of the molecule is CC(=O)OC/C=C(/C)CC[C@@H](O[Si](C)(C)C(C)(C)C)C(C)=CO[Si](C)(C)C(C)(C)C. The largest absolute Gasteiger partial charge is 0.549 e. The smallest absolute Gasteiger partial charge is 0.302 e. The highest BCUT2D eigenvalue weighted by Gasteiger charge is 2.40. The molecule has 0 aliphatic rings. The number of carbonyl (C=O) groups is 1. The lowest BCUT2D eigenvalue weighted by Crippen LogP contribution is -2.44. The molecule has 4 nitrogen and oxygen atoms in total. The van der Waals surface area contributed by atoms with Crippen molar-refractivity contribution in [3.05, 3.63) is 23.5 Å². The van der Waals surface area contributed by atoms with Gasteiger partial charge in [-0.25, -0.2) is 0 Å². The summed E-state index contributed by atoms with van der Waals surface area (Å²) in [5.41, 5.74) is 2.36. The molecule has 0 spiro atoms. The van der Waals surface area contributed by atoms with Crippen LogP contribution in [0.4, 0.5) is 0 Å². The van der Waals surface area contributed by atoms with Crippen LogP contribution in [-0.4, -0.2) is 35.3 Å². The molecule has 0 rings (SSSR count). The summed E-state index contributed by atoms with van der Waals surface area (Å²) in [5.74, 6) is -0.250. The summed E-state index contributed by atoms with van der Waals surface area (Å²) in [6.07, 6.45) is 5.75. The van der Waals surface area contributed by atoms with Crippen LogP contribution in [0.5, 0.6) is 0 Å². The number of hydrogen-bond acceptors (Lipinski definition) is 4. The van der Waals surface area contributed by atoms with E-state index in [9.17, 15) is 4.79 Å². The van der Waals surface area contributed by atoms with Crippen LogP contribution in [0.15, 0.2) is 23.5 Å². The Labute approximate surface area is 188 Å². The molecule has 0 saturated heterocycles. The van der Waals surface area contributed by atoms with E-state index >= 15 is 0 Å². The molecule has 0 N–H and O–H groups in total. The lowest BCUT2D eigenvalue weighted by molar-refractivity contribution is -0.139. The summed E-state index contributed by atoms with van der Waals surface area (Å²) in [7, 11) is -3.79. The Morgan fingerprint density at radius 2 is 1.40 bits per heavy atom. The average Bonchev–Trinajstić information content (AvgIpc) is 2.54. The Morgan fingerprint density at radius 3 is 1.83 bits per heavy atom. The molecule has 0 bridgehead atoms. The van der Waals surface area contributed by atoms with Crippen molar-refractivity contribution in [2.45, 2.75) is 118 Å². The first-order valence-corrected chi connectivity index (χ1v) is 16.9. The number of carbonyl (C=O) groups excluding carboxylic acids is 1. The Bertz CT molecular complexity index is 620.